The van der Waals surface area contributed by atoms with Crippen LogP contribution in [0.25, 0.3) is 0 Å². The molecule has 0 spiro atoms. The van der Waals surface area contributed by atoms with E-state index in [2.05, 4.69) is 92.1 Å². The van der Waals surface area contributed by atoms with Gasteiger partial charge in [0.25, 0.3) is 0 Å². The molecule has 0 bridgehead atoms. The van der Waals surface area contributed by atoms with Crippen LogP contribution < -0.4 is 5.32 Å². The molecule has 0 aliphatic carbocycles. The van der Waals surface area contributed by atoms with Crippen molar-refractivity contribution in [3.63, 3.8) is 0 Å². The molecule has 268 valence electrons. The van der Waals surface area contributed by atoms with Crippen LogP contribution in [0, 0.1) is 0 Å². The normalized spacial score (nSPS) is 13.2. The van der Waals surface area contributed by atoms with Crippen molar-refractivity contribution in [2.45, 2.75) is 142 Å². The zero-order valence-electron chi connectivity index (χ0n) is 30.0. The minimum atomic E-state index is -1.04. The van der Waals surface area contributed by atoms with Crippen molar-refractivity contribution >= 4 is 17.8 Å². The van der Waals surface area contributed by atoms with Gasteiger partial charge in [-0.2, -0.15) is 0 Å². The van der Waals surface area contributed by atoms with Gasteiger partial charge in [0.1, 0.15) is 12.6 Å². The van der Waals surface area contributed by atoms with Crippen LogP contribution in [0.3, 0.4) is 0 Å². The van der Waals surface area contributed by atoms with Crippen molar-refractivity contribution in [1.29, 1.82) is 0 Å². The number of esters is 1. The van der Waals surface area contributed by atoms with E-state index in [0.717, 1.165) is 89.9 Å². The van der Waals surface area contributed by atoms with Crippen LogP contribution in [0.1, 0.15) is 136 Å². The second-order valence-electron chi connectivity index (χ2n) is 11.7. The van der Waals surface area contributed by atoms with Gasteiger partial charge >= 0.3 is 11.9 Å². The number of nitrogens with one attached hydrogen (secondary N) is 1. The summed E-state index contributed by atoms with van der Waals surface area (Å²) in [6.07, 6.45) is 51.5. The molecule has 0 aromatic rings. The number of allylic oxidation sites excluding steroid dienone is 14. The van der Waals surface area contributed by atoms with Crippen molar-refractivity contribution < 1.29 is 24.2 Å². The van der Waals surface area contributed by atoms with E-state index in [9.17, 15) is 14.4 Å². The Kier molecular flexibility index (Phi) is 33.4. The SMILES string of the molecule is CC/C=C\C/C=C\C/C=C\C/C=C\C/C=C\CCCCCCCC(=O)OC(/C=C\C/C=C\CC)/C=C\CCCCCC(=O)NCC(=O)O. The lowest BCUT2D eigenvalue weighted by Crippen LogP contribution is -2.28. The fourth-order valence-corrected chi connectivity index (χ4v) is 4.56. The third-order valence-corrected chi connectivity index (χ3v) is 7.21. The summed E-state index contributed by atoms with van der Waals surface area (Å²) in [5.41, 5.74) is 0. The fourth-order valence-electron chi connectivity index (χ4n) is 4.56. The van der Waals surface area contributed by atoms with Crippen LogP contribution in [0.4, 0.5) is 0 Å². The Bertz CT molecular complexity index is 1040. The number of carboxylic acids is 1. The summed E-state index contributed by atoms with van der Waals surface area (Å²) in [5.74, 6) is -1.43. The average Bonchev–Trinajstić information content (AvgIpc) is 3.07. The Morgan fingerprint density at radius 1 is 0.542 bits per heavy atom. The smallest absolute Gasteiger partial charge is 0.322 e. The minimum Gasteiger partial charge on any atom is -0.480 e. The highest BCUT2D eigenvalue weighted by Crippen LogP contribution is 2.11. The number of rotatable bonds is 31. The Labute approximate surface area is 292 Å². The van der Waals surface area contributed by atoms with E-state index in [1.807, 2.05) is 24.3 Å². The highest BCUT2D eigenvalue weighted by molar-refractivity contribution is 5.80. The molecule has 6 heteroatoms. The summed E-state index contributed by atoms with van der Waals surface area (Å²) in [6, 6.07) is 0. The number of carboxylic acid groups (broad SMARTS) is 1. The Morgan fingerprint density at radius 2 is 0.979 bits per heavy atom. The molecule has 0 rings (SSSR count). The standard InChI is InChI=1S/C42H65NO5/c1-3-5-7-9-10-11-12-13-14-15-16-17-18-19-20-21-22-23-24-29-33-37-42(47)48-39(34-30-26-8-6-4-2)35-31-27-25-28-32-36-40(44)43-38-41(45)46/h5-8,10-11,13-14,16-17,19-20,30-31,34-35,39H,3-4,9,12,15,18,21-29,32-33,36-38H2,1-2H3,(H,43,44)(H,45,46)/b7-5-,8-6-,11-10-,14-13-,17-16-,20-19-,34-30-,35-31-. The molecule has 1 amide bonds. The molecular formula is C42H65NO5. The summed E-state index contributed by atoms with van der Waals surface area (Å²) in [5, 5.41) is 11.0. The van der Waals surface area contributed by atoms with Crippen molar-refractivity contribution in [3.05, 3.63) is 97.2 Å². The first-order valence-electron chi connectivity index (χ1n) is 18.4. The zero-order chi connectivity index (χ0) is 35.2. The van der Waals surface area contributed by atoms with Gasteiger partial charge < -0.3 is 15.2 Å². The minimum absolute atomic E-state index is 0.162. The number of unbranched alkanes of at least 4 members (excludes halogenated alkanes) is 8. The summed E-state index contributed by atoms with van der Waals surface area (Å²) >= 11 is 0. The number of amides is 1. The first-order valence-corrected chi connectivity index (χ1v) is 18.4. The number of hydrogen-bond acceptors (Lipinski definition) is 4. The highest BCUT2D eigenvalue weighted by atomic mass is 16.5. The van der Waals surface area contributed by atoms with Crippen molar-refractivity contribution in [3.8, 4) is 0 Å². The van der Waals surface area contributed by atoms with E-state index in [-0.39, 0.29) is 24.5 Å². The molecule has 1 atom stereocenters. The predicted octanol–water partition coefficient (Wildman–Crippen LogP) is 11.0. The van der Waals surface area contributed by atoms with Crippen LogP contribution in [-0.2, 0) is 19.1 Å². The molecule has 2 N–H and O–H groups in total. The second kappa shape index (κ2) is 36.2. The summed E-state index contributed by atoms with van der Waals surface area (Å²) in [7, 11) is 0. The Balaban J connectivity index is 4.09. The molecule has 48 heavy (non-hydrogen) atoms. The van der Waals surface area contributed by atoms with E-state index < -0.39 is 5.97 Å². The van der Waals surface area contributed by atoms with Gasteiger partial charge in [-0.15, -0.1) is 0 Å². The molecule has 0 fully saturated rings. The van der Waals surface area contributed by atoms with Gasteiger partial charge in [-0.1, -0.05) is 125 Å². The third-order valence-electron chi connectivity index (χ3n) is 7.21. The predicted molar refractivity (Wildman–Crippen MR) is 203 cm³/mol. The number of ether oxygens (including phenoxy) is 1. The van der Waals surface area contributed by atoms with Gasteiger partial charge in [-0.05, 0) is 95.6 Å². The first-order chi connectivity index (χ1) is 23.5. The number of carbonyl (C=O) groups excluding carboxylic acids is 2. The molecule has 0 radical (unpaired) electrons. The van der Waals surface area contributed by atoms with Gasteiger partial charge in [-0.3, -0.25) is 14.4 Å². The molecule has 0 heterocycles. The molecule has 0 aromatic carbocycles. The van der Waals surface area contributed by atoms with Crippen molar-refractivity contribution in [2.75, 3.05) is 6.54 Å². The maximum absolute atomic E-state index is 12.5. The van der Waals surface area contributed by atoms with Crippen LogP contribution in [0.15, 0.2) is 97.2 Å². The van der Waals surface area contributed by atoms with Gasteiger partial charge in [0.15, 0.2) is 0 Å². The van der Waals surface area contributed by atoms with E-state index in [0.29, 0.717) is 19.3 Å². The van der Waals surface area contributed by atoms with Crippen molar-refractivity contribution in [1.82, 2.24) is 5.32 Å². The van der Waals surface area contributed by atoms with Crippen LogP contribution in [-0.4, -0.2) is 35.6 Å². The lowest BCUT2D eigenvalue weighted by molar-refractivity contribution is -0.145. The third kappa shape index (κ3) is 35.2. The summed E-state index contributed by atoms with van der Waals surface area (Å²) in [6.45, 7) is 3.92. The second-order valence-corrected chi connectivity index (χ2v) is 11.7. The Morgan fingerprint density at radius 3 is 1.56 bits per heavy atom. The number of aliphatic carboxylic acids is 1. The monoisotopic (exact) mass is 663 g/mol. The zero-order valence-corrected chi connectivity index (χ0v) is 30.0. The molecule has 0 saturated carbocycles. The van der Waals surface area contributed by atoms with Gasteiger partial charge in [0.2, 0.25) is 5.91 Å². The Hall–Kier alpha value is -3.67. The summed E-state index contributed by atoms with van der Waals surface area (Å²) < 4.78 is 5.75. The quantitative estimate of drug-likeness (QED) is 0.0437. The number of carbonyl (C=O) groups is 3. The largest absolute Gasteiger partial charge is 0.480 e. The van der Waals surface area contributed by atoms with E-state index in [1.54, 1.807) is 0 Å². The van der Waals surface area contributed by atoms with Crippen LogP contribution in [0.5, 0.6) is 0 Å². The molecular weight excluding hydrogens is 598 g/mol. The molecule has 0 aliphatic rings. The summed E-state index contributed by atoms with van der Waals surface area (Å²) in [4.78, 5) is 34.6. The first kappa shape index (κ1) is 44.3. The lowest BCUT2D eigenvalue weighted by atomic mass is 10.1. The van der Waals surface area contributed by atoms with Crippen molar-refractivity contribution in [2.24, 2.45) is 0 Å². The van der Waals surface area contributed by atoms with Gasteiger partial charge in [-0.25, -0.2) is 0 Å². The number of hydrogen-bond donors (Lipinski definition) is 2. The molecule has 0 aromatic heterocycles. The van der Waals surface area contributed by atoms with E-state index in [4.69, 9.17) is 9.84 Å². The van der Waals surface area contributed by atoms with Gasteiger partial charge in [0.05, 0.1) is 0 Å². The fraction of sp³-hybridized carbons (Fsp3) is 0.548. The highest BCUT2D eigenvalue weighted by Gasteiger charge is 2.08. The van der Waals surface area contributed by atoms with E-state index in [1.165, 1.54) is 12.8 Å². The maximum atomic E-state index is 12.5. The topological polar surface area (TPSA) is 92.7 Å². The average molecular weight is 664 g/mol. The van der Waals surface area contributed by atoms with Crippen LogP contribution >= 0.6 is 0 Å². The maximum Gasteiger partial charge on any atom is 0.322 e. The van der Waals surface area contributed by atoms with Gasteiger partial charge in [0, 0.05) is 12.8 Å². The lowest BCUT2D eigenvalue weighted by Gasteiger charge is -2.11. The van der Waals surface area contributed by atoms with E-state index >= 15 is 0 Å². The molecule has 6 nitrogen and oxygen atoms in total. The molecule has 0 aliphatic heterocycles. The van der Waals surface area contributed by atoms with Crippen LogP contribution in [0.2, 0.25) is 0 Å². The molecule has 0 saturated heterocycles. The molecule has 1 unspecified atom stereocenters.